The molecule has 0 unspecified atom stereocenters. The zero-order valence-corrected chi connectivity index (χ0v) is 12.6. The molecule has 106 valence electrons. The lowest BCUT2D eigenvalue weighted by atomic mass is 10.1. The van der Waals surface area contributed by atoms with Gasteiger partial charge in [-0.1, -0.05) is 29.3 Å². The molecule has 3 rings (SSSR count). The van der Waals surface area contributed by atoms with E-state index in [1.54, 1.807) is 18.2 Å². The second-order valence-electron chi connectivity index (χ2n) is 4.56. The number of nitrogen functional groups attached to an aromatic ring is 1. The van der Waals surface area contributed by atoms with Gasteiger partial charge < -0.3 is 5.73 Å². The summed E-state index contributed by atoms with van der Waals surface area (Å²) in [5.41, 5.74) is 8.89. The minimum Gasteiger partial charge on any atom is -0.399 e. The van der Waals surface area contributed by atoms with Crippen molar-refractivity contribution in [3.63, 3.8) is 0 Å². The van der Waals surface area contributed by atoms with Crippen LogP contribution in [-0.4, -0.2) is 20.2 Å². The number of rotatable bonds is 2. The van der Waals surface area contributed by atoms with Crippen LogP contribution in [0.15, 0.2) is 36.4 Å². The largest absolute Gasteiger partial charge is 0.399 e. The fourth-order valence-corrected chi connectivity index (χ4v) is 2.58. The standard InChI is InChI=1S/C14H11Cl2N5/c1-8-7-9(5-6-12(8)17)14-18-19-20-21(14)13-10(15)3-2-4-11(13)16/h2-7H,17H2,1H3. The molecule has 0 radical (unpaired) electrons. The molecule has 1 heterocycles. The normalized spacial score (nSPS) is 10.8. The van der Waals surface area contributed by atoms with E-state index < -0.39 is 0 Å². The lowest BCUT2D eigenvalue weighted by Gasteiger charge is -2.09. The van der Waals surface area contributed by atoms with Crippen LogP contribution in [0.1, 0.15) is 5.56 Å². The number of anilines is 1. The quantitative estimate of drug-likeness (QED) is 0.733. The monoisotopic (exact) mass is 319 g/mol. The van der Waals surface area contributed by atoms with Gasteiger partial charge >= 0.3 is 0 Å². The summed E-state index contributed by atoms with van der Waals surface area (Å²) in [5, 5.41) is 12.7. The lowest BCUT2D eigenvalue weighted by molar-refractivity contribution is 0.791. The second kappa shape index (κ2) is 5.35. The zero-order chi connectivity index (χ0) is 15.0. The van der Waals surface area contributed by atoms with E-state index in [1.807, 2.05) is 25.1 Å². The van der Waals surface area contributed by atoms with E-state index in [2.05, 4.69) is 15.5 Å². The molecule has 0 aliphatic carbocycles. The molecule has 3 aromatic rings. The van der Waals surface area contributed by atoms with Crippen molar-refractivity contribution >= 4 is 28.9 Å². The molecule has 2 aromatic carbocycles. The number of hydrogen-bond acceptors (Lipinski definition) is 4. The summed E-state index contributed by atoms with van der Waals surface area (Å²) >= 11 is 12.4. The van der Waals surface area contributed by atoms with E-state index >= 15 is 0 Å². The third kappa shape index (κ3) is 2.46. The van der Waals surface area contributed by atoms with E-state index in [9.17, 15) is 0 Å². The highest BCUT2D eigenvalue weighted by atomic mass is 35.5. The van der Waals surface area contributed by atoms with Gasteiger partial charge in [0.2, 0.25) is 0 Å². The number of tetrazole rings is 1. The number of aryl methyl sites for hydroxylation is 1. The number of nitrogens with zero attached hydrogens (tertiary/aromatic N) is 4. The smallest absolute Gasteiger partial charge is 0.187 e. The van der Waals surface area contributed by atoms with E-state index in [1.165, 1.54) is 4.68 Å². The fourth-order valence-electron chi connectivity index (χ4n) is 2.02. The fraction of sp³-hybridized carbons (Fsp3) is 0.0714. The number of nitrogens with two attached hydrogens (primary N) is 1. The molecular weight excluding hydrogens is 309 g/mol. The Labute approximate surface area is 131 Å². The van der Waals surface area contributed by atoms with Gasteiger partial charge in [0, 0.05) is 11.3 Å². The molecule has 5 nitrogen and oxygen atoms in total. The average molecular weight is 320 g/mol. The van der Waals surface area contributed by atoms with Gasteiger partial charge in [-0.15, -0.1) is 5.10 Å². The van der Waals surface area contributed by atoms with Crippen LogP contribution in [0.25, 0.3) is 17.1 Å². The van der Waals surface area contributed by atoms with E-state index in [0.717, 1.165) is 11.1 Å². The van der Waals surface area contributed by atoms with Crippen molar-refractivity contribution in [3.05, 3.63) is 52.0 Å². The van der Waals surface area contributed by atoms with Crippen molar-refractivity contribution in [3.8, 4) is 17.1 Å². The Bertz CT molecular complexity index is 793. The summed E-state index contributed by atoms with van der Waals surface area (Å²) in [6.07, 6.45) is 0. The average Bonchev–Trinajstić information content (AvgIpc) is 2.91. The molecule has 0 spiro atoms. The minimum atomic E-state index is 0.475. The SMILES string of the molecule is Cc1cc(-c2nnnn2-c2c(Cl)cccc2Cl)ccc1N. The lowest BCUT2D eigenvalue weighted by Crippen LogP contribution is -2.02. The highest BCUT2D eigenvalue weighted by Crippen LogP contribution is 2.31. The summed E-state index contributed by atoms with van der Waals surface area (Å²) < 4.78 is 1.52. The van der Waals surface area contributed by atoms with Crippen molar-refractivity contribution in [1.82, 2.24) is 20.2 Å². The van der Waals surface area contributed by atoms with Gasteiger partial charge in [-0.3, -0.25) is 0 Å². The summed E-state index contributed by atoms with van der Waals surface area (Å²) in [7, 11) is 0. The first kappa shape index (κ1) is 13.9. The maximum atomic E-state index is 6.22. The molecular formula is C14H11Cl2N5. The first-order valence-electron chi connectivity index (χ1n) is 6.17. The van der Waals surface area contributed by atoms with Crippen molar-refractivity contribution in [2.24, 2.45) is 0 Å². The second-order valence-corrected chi connectivity index (χ2v) is 5.37. The molecule has 0 bridgehead atoms. The van der Waals surface area contributed by atoms with Gasteiger partial charge in [0.15, 0.2) is 5.82 Å². The van der Waals surface area contributed by atoms with E-state index in [0.29, 0.717) is 27.2 Å². The van der Waals surface area contributed by atoms with Gasteiger partial charge in [-0.05, 0) is 53.2 Å². The number of halogens is 2. The Hall–Kier alpha value is -2.11. The van der Waals surface area contributed by atoms with Crippen LogP contribution < -0.4 is 5.73 Å². The minimum absolute atomic E-state index is 0.475. The van der Waals surface area contributed by atoms with Crippen molar-refractivity contribution in [2.75, 3.05) is 5.73 Å². The van der Waals surface area contributed by atoms with Crippen LogP contribution in [0.3, 0.4) is 0 Å². The zero-order valence-electron chi connectivity index (χ0n) is 11.1. The third-order valence-corrected chi connectivity index (χ3v) is 3.76. The van der Waals surface area contributed by atoms with Gasteiger partial charge in [0.1, 0.15) is 5.69 Å². The van der Waals surface area contributed by atoms with Crippen LogP contribution in [0.2, 0.25) is 10.0 Å². The van der Waals surface area contributed by atoms with Crippen LogP contribution in [-0.2, 0) is 0 Å². The molecule has 7 heteroatoms. The van der Waals surface area contributed by atoms with Crippen LogP contribution >= 0.6 is 23.2 Å². The maximum Gasteiger partial charge on any atom is 0.187 e. The summed E-state index contributed by atoms with van der Waals surface area (Å²) in [4.78, 5) is 0. The Morgan fingerprint density at radius 2 is 1.81 bits per heavy atom. The topological polar surface area (TPSA) is 69.6 Å². The van der Waals surface area contributed by atoms with Gasteiger partial charge in [0.05, 0.1) is 10.0 Å². The molecule has 21 heavy (non-hydrogen) atoms. The maximum absolute atomic E-state index is 6.22. The van der Waals surface area contributed by atoms with Crippen LogP contribution in [0.5, 0.6) is 0 Å². The molecule has 0 aliphatic heterocycles. The van der Waals surface area contributed by atoms with Gasteiger partial charge in [-0.25, -0.2) is 0 Å². The summed E-state index contributed by atoms with van der Waals surface area (Å²) in [6.45, 7) is 1.93. The first-order chi connectivity index (χ1) is 10.1. The van der Waals surface area contributed by atoms with E-state index in [4.69, 9.17) is 28.9 Å². The Kier molecular flexibility index (Phi) is 3.53. The highest BCUT2D eigenvalue weighted by Gasteiger charge is 2.16. The number of hydrogen-bond donors (Lipinski definition) is 1. The molecule has 0 amide bonds. The molecule has 0 saturated carbocycles. The third-order valence-electron chi connectivity index (χ3n) is 3.15. The Morgan fingerprint density at radius 3 is 2.48 bits per heavy atom. The van der Waals surface area contributed by atoms with Crippen molar-refractivity contribution in [2.45, 2.75) is 6.92 Å². The van der Waals surface area contributed by atoms with Gasteiger partial charge in [0.25, 0.3) is 0 Å². The number of para-hydroxylation sites is 1. The number of aromatic nitrogens is 4. The molecule has 0 aliphatic rings. The molecule has 0 fully saturated rings. The predicted octanol–water partition coefficient (Wildman–Crippen LogP) is 3.53. The first-order valence-corrected chi connectivity index (χ1v) is 6.93. The van der Waals surface area contributed by atoms with Gasteiger partial charge in [-0.2, -0.15) is 4.68 Å². The molecule has 0 atom stereocenters. The summed E-state index contributed by atoms with van der Waals surface area (Å²) in [6, 6.07) is 10.8. The van der Waals surface area contributed by atoms with Crippen LogP contribution in [0, 0.1) is 6.92 Å². The van der Waals surface area contributed by atoms with E-state index in [-0.39, 0.29) is 0 Å². The van der Waals surface area contributed by atoms with Crippen molar-refractivity contribution < 1.29 is 0 Å². The summed E-state index contributed by atoms with van der Waals surface area (Å²) in [5.74, 6) is 0.549. The molecule has 1 aromatic heterocycles. The highest BCUT2D eigenvalue weighted by molar-refractivity contribution is 6.37. The molecule has 2 N–H and O–H groups in total. The molecule has 0 saturated heterocycles. The van der Waals surface area contributed by atoms with Crippen LogP contribution in [0.4, 0.5) is 5.69 Å². The predicted molar refractivity (Wildman–Crippen MR) is 83.8 cm³/mol. The number of benzene rings is 2. The Morgan fingerprint density at radius 1 is 1.10 bits per heavy atom. The van der Waals surface area contributed by atoms with Crippen molar-refractivity contribution in [1.29, 1.82) is 0 Å². The Balaban J connectivity index is 2.20.